The van der Waals surface area contributed by atoms with Gasteiger partial charge in [0.25, 0.3) is 0 Å². The van der Waals surface area contributed by atoms with Gasteiger partial charge in [0, 0.05) is 6.54 Å². The first-order chi connectivity index (χ1) is 9.79. The molecule has 0 radical (unpaired) electrons. The van der Waals surface area contributed by atoms with E-state index in [2.05, 4.69) is 4.72 Å². The summed E-state index contributed by atoms with van der Waals surface area (Å²) in [6.07, 6.45) is -0.941. The van der Waals surface area contributed by atoms with E-state index in [1.807, 2.05) is 0 Å². The molecule has 1 aliphatic rings. The van der Waals surface area contributed by atoms with E-state index in [-0.39, 0.29) is 13.0 Å². The Kier molecular flexibility index (Phi) is 4.55. The van der Waals surface area contributed by atoms with Crippen LogP contribution < -0.4 is 4.72 Å². The van der Waals surface area contributed by atoms with Crippen LogP contribution in [-0.4, -0.2) is 38.2 Å². The van der Waals surface area contributed by atoms with Crippen LogP contribution in [0.3, 0.4) is 0 Å². The Hall–Kier alpha value is -1.58. The van der Waals surface area contributed by atoms with E-state index in [9.17, 15) is 22.0 Å². The minimum Gasteiger partial charge on any atom is -0.479 e. The van der Waals surface area contributed by atoms with E-state index in [1.165, 1.54) is 0 Å². The maximum absolute atomic E-state index is 13.4. The number of rotatable bonds is 5. The number of halogens is 2. The molecule has 2 atom stereocenters. The SMILES string of the molecule is O=C(O)C1CCC(CNS(=O)(=O)c2cc(F)ccc2F)O1. The molecule has 0 bridgehead atoms. The van der Waals surface area contributed by atoms with Crippen LogP contribution in [0.1, 0.15) is 12.8 Å². The molecule has 116 valence electrons. The second-order valence-corrected chi connectivity index (χ2v) is 6.32. The Balaban J connectivity index is 2.02. The molecule has 1 heterocycles. The summed E-state index contributed by atoms with van der Waals surface area (Å²) in [5, 5.41) is 8.75. The van der Waals surface area contributed by atoms with Crippen molar-refractivity contribution in [1.29, 1.82) is 0 Å². The highest BCUT2D eigenvalue weighted by atomic mass is 32.2. The quantitative estimate of drug-likeness (QED) is 0.840. The van der Waals surface area contributed by atoms with Crippen LogP contribution >= 0.6 is 0 Å². The van der Waals surface area contributed by atoms with Crippen molar-refractivity contribution in [3.8, 4) is 0 Å². The second kappa shape index (κ2) is 6.04. The summed E-state index contributed by atoms with van der Waals surface area (Å²) in [6, 6.07) is 2.11. The number of ether oxygens (including phenoxy) is 1. The lowest BCUT2D eigenvalue weighted by Crippen LogP contribution is -2.33. The number of carboxylic acids is 1. The Bertz CT molecular complexity index is 649. The van der Waals surface area contributed by atoms with E-state index in [0.29, 0.717) is 12.5 Å². The molecule has 0 aromatic heterocycles. The number of hydrogen-bond acceptors (Lipinski definition) is 4. The molecule has 0 aliphatic carbocycles. The highest BCUT2D eigenvalue weighted by molar-refractivity contribution is 7.89. The third-order valence-electron chi connectivity index (χ3n) is 3.07. The molecule has 1 fully saturated rings. The van der Waals surface area contributed by atoms with Crippen molar-refractivity contribution in [1.82, 2.24) is 4.72 Å². The lowest BCUT2D eigenvalue weighted by atomic mass is 10.2. The van der Waals surface area contributed by atoms with E-state index in [1.54, 1.807) is 0 Å². The summed E-state index contributed by atoms with van der Waals surface area (Å²) in [6.45, 7) is -0.206. The molecule has 2 rings (SSSR count). The Morgan fingerprint density at radius 2 is 2.10 bits per heavy atom. The predicted octanol–water partition coefficient (Wildman–Crippen LogP) is 0.875. The molecule has 1 aromatic carbocycles. The van der Waals surface area contributed by atoms with Crippen LogP contribution in [0.4, 0.5) is 8.78 Å². The molecule has 1 aliphatic heterocycles. The van der Waals surface area contributed by atoms with E-state index in [0.717, 1.165) is 12.1 Å². The van der Waals surface area contributed by atoms with E-state index in [4.69, 9.17) is 9.84 Å². The average molecular weight is 321 g/mol. The third kappa shape index (κ3) is 3.74. The van der Waals surface area contributed by atoms with Gasteiger partial charge in [-0.1, -0.05) is 0 Å². The van der Waals surface area contributed by atoms with Crippen LogP contribution in [0.25, 0.3) is 0 Å². The lowest BCUT2D eigenvalue weighted by Gasteiger charge is -2.13. The van der Waals surface area contributed by atoms with Gasteiger partial charge in [-0.25, -0.2) is 26.7 Å². The van der Waals surface area contributed by atoms with Gasteiger partial charge in [0.2, 0.25) is 10.0 Å². The fourth-order valence-corrected chi connectivity index (χ4v) is 3.15. The molecule has 2 unspecified atom stereocenters. The van der Waals surface area contributed by atoms with Crippen LogP contribution in [0.2, 0.25) is 0 Å². The Morgan fingerprint density at radius 1 is 1.38 bits per heavy atom. The zero-order chi connectivity index (χ0) is 15.6. The van der Waals surface area contributed by atoms with Crippen molar-refractivity contribution in [2.75, 3.05) is 6.54 Å². The van der Waals surface area contributed by atoms with Gasteiger partial charge in [-0.15, -0.1) is 0 Å². The van der Waals surface area contributed by atoms with Gasteiger partial charge in [-0.3, -0.25) is 0 Å². The topological polar surface area (TPSA) is 92.7 Å². The number of sulfonamides is 1. The Morgan fingerprint density at radius 3 is 2.71 bits per heavy atom. The van der Waals surface area contributed by atoms with Crippen LogP contribution in [0, 0.1) is 11.6 Å². The van der Waals surface area contributed by atoms with E-state index >= 15 is 0 Å². The lowest BCUT2D eigenvalue weighted by molar-refractivity contribution is -0.149. The molecule has 0 amide bonds. The number of benzene rings is 1. The van der Waals surface area contributed by atoms with Crippen molar-refractivity contribution in [3.63, 3.8) is 0 Å². The summed E-state index contributed by atoms with van der Waals surface area (Å²) < 4.78 is 57.4. The maximum Gasteiger partial charge on any atom is 0.332 e. The average Bonchev–Trinajstić information content (AvgIpc) is 2.88. The number of aliphatic carboxylic acids is 1. The van der Waals surface area contributed by atoms with Crippen molar-refractivity contribution >= 4 is 16.0 Å². The standard InChI is InChI=1S/C12H13F2NO5S/c13-7-1-3-9(14)11(5-7)21(18,19)15-6-8-2-4-10(20-8)12(16)17/h1,3,5,8,10,15H,2,4,6H2,(H,16,17). The highest BCUT2D eigenvalue weighted by Crippen LogP contribution is 2.20. The smallest absolute Gasteiger partial charge is 0.332 e. The van der Waals surface area contributed by atoms with Gasteiger partial charge >= 0.3 is 5.97 Å². The second-order valence-electron chi connectivity index (χ2n) is 4.59. The first-order valence-corrected chi connectivity index (χ1v) is 7.61. The summed E-state index contributed by atoms with van der Waals surface area (Å²) in [7, 11) is -4.23. The first kappa shape index (κ1) is 15.8. The first-order valence-electron chi connectivity index (χ1n) is 6.12. The predicted molar refractivity (Wildman–Crippen MR) is 67.1 cm³/mol. The van der Waals surface area contributed by atoms with Crippen molar-refractivity contribution in [2.24, 2.45) is 0 Å². The van der Waals surface area contributed by atoms with Gasteiger partial charge < -0.3 is 9.84 Å². The van der Waals surface area contributed by atoms with Crippen LogP contribution in [0.15, 0.2) is 23.1 Å². The van der Waals surface area contributed by atoms with Crippen molar-refractivity contribution in [3.05, 3.63) is 29.8 Å². The molecular weight excluding hydrogens is 308 g/mol. The van der Waals surface area contributed by atoms with Gasteiger partial charge in [0.1, 0.15) is 16.5 Å². The number of carbonyl (C=O) groups is 1. The number of hydrogen-bond donors (Lipinski definition) is 2. The monoisotopic (exact) mass is 321 g/mol. The van der Waals surface area contributed by atoms with Gasteiger partial charge in [-0.2, -0.15) is 0 Å². The fraction of sp³-hybridized carbons (Fsp3) is 0.417. The van der Waals surface area contributed by atoms with Gasteiger partial charge in [-0.05, 0) is 31.0 Å². The van der Waals surface area contributed by atoms with Gasteiger partial charge in [0.15, 0.2) is 6.10 Å². The molecule has 0 spiro atoms. The van der Waals surface area contributed by atoms with Crippen LogP contribution in [-0.2, 0) is 19.6 Å². The maximum atomic E-state index is 13.4. The molecule has 6 nitrogen and oxygen atoms in total. The van der Waals surface area contributed by atoms with Crippen molar-refractivity contribution in [2.45, 2.75) is 29.9 Å². The Labute approximate surface area is 119 Å². The number of carboxylic acid groups (broad SMARTS) is 1. The fourth-order valence-electron chi connectivity index (χ4n) is 2.00. The molecule has 2 N–H and O–H groups in total. The molecule has 1 aromatic rings. The number of nitrogens with one attached hydrogen (secondary N) is 1. The van der Waals surface area contributed by atoms with Gasteiger partial charge in [0.05, 0.1) is 6.10 Å². The zero-order valence-electron chi connectivity index (χ0n) is 10.8. The summed E-state index contributed by atoms with van der Waals surface area (Å²) >= 11 is 0. The molecule has 21 heavy (non-hydrogen) atoms. The normalized spacial score (nSPS) is 22.4. The van der Waals surface area contributed by atoms with E-state index < -0.39 is 44.7 Å². The minimum absolute atomic E-state index is 0.206. The zero-order valence-corrected chi connectivity index (χ0v) is 11.6. The summed E-state index contributed by atoms with van der Waals surface area (Å²) in [5.41, 5.74) is 0. The van der Waals surface area contributed by atoms with Crippen LogP contribution in [0.5, 0.6) is 0 Å². The van der Waals surface area contributed by atoms with Crippen molar-refractivity contribution < 1.29 is 31.8 Å². The summed E-state index contributed by atoms with van der Waals surface area (Å²) in [4.78, 5) is 9.90. The molecule has 9 heteroatoms. The largest absolute Gasteiger partial charge is 0.479 e. The molecule has 1 saturated heterocycles. The molecule has 0 saturated carbocycles. The molecular formula is C12H13F2NO5S. The minimum atomic E-state index is -4.23. The third-order valence-corrected chi connectivity index (χ3v) is 4.51. The highest BCUT2D eigenvalue weighted by Gasteiger charge is 2.31. The summed E-state index contributed by atoms with van der Waals surface area (Å²) in [5.74, 6) is -3.06.